The van der Waals surface area contributed by atoms with Gasteiger partial charge in [-0.2, -0.15) is 5.48 Å². The lowest BCUT2D eigenvalue weighted by Crippen LogP contribution is -2.44. The first-order valence-electron chi connectivity index (χ1n) is 13.2. The molecule has 4 N–H and O–H groups in total. The lowest BCUT2D eigenvalue weighted by molar-refractivity contribution is -0.163. The summed E-state index contributed by atoms with van der Waals surface area (Å²) in [6.07, 6.45) is 7.54. The van der Waals surface area contributed by atoms with Crippen LogP contribution in [0.3, 0.4) is 0 Å². The Morgan fingerprint density at radius 3 is 2.55 bits per heavy atom. The number of H-pyrrole nitrogens is 1. The highest BCUT2D eigenvalue weighted by Gasteiger charge is 2.35. The zero-order chi connectivity index (χ0) is 27.4. The summed E-state index contributed by atoms with van der Waals surface area (Å²) in [5, 5.41) is 13.5. The number of carboxylic acid groups (broad SMARTS) is 1. The molecule has 1 saturated carbocycles. The molecule has 2 heterocycles. The normalized spacial score (nSPS) is 15.9. The Morgan fingerprint density at radius 2 is 1.89 bits per heavy atom. The number of imidazole rings is 1. The topological polar surface area (TPSA) is 138 Å². The monoisotopic (exact) mass is 523 g/mol. The molecule has 0 radical (unpaired) electrons. The highest BCUT2D eigenvalue weighted by molar-refractivity contribution is 5.98. The Morgan fingerprint density at radius 1 is 1.18 bits per heavy atom. The molecule has 0 bridgehead atoms. The minimum Gasteiger partial charge on any atom is -0.476 e. The summed E-state index contributed by atoms with van der Waals surface area (Å²) < 4.78 is 2.00. The van der Waals surface area contributed by atoms with Gasteiger partial charge in [-0.3, -0.25) is 4.79 Å². The van der Waals surface area contributed by atoms with Gasteiger partial charge in [0.1, 0.15) is 11.7 Å². The summed E-state index contributed by atoms with van der Waals surface area (Å²) in [5.74, 6) is -3.33. The third-order valence-electron chi connectivity index (χ3n) is 7.29. The minimum absolute atomic E-state index is 0.100. The van der Waals surface area contributed by atoms with Gasteiger partial charge in [0.15, 0.2) is 5.69 Å². The predicted octanol–water partition coefficient (Wildman–Crippen LogP) is 3.96. The predicted molar refractivity (Wildman–Crippen MR) is 142 cm³/mol. The maximum atomic E-state index is 13.5. The molecule has 38 heavy (non-hydrogen) atoms. The van der Waals surface area contributed by atoms with Gasteiger partial charge in [-0.15, -0.1) is 0 Å². The third-order valence-corrected chi connectivity index (χ3v) is 7.29. The van der Waals surface area contributed by atoms with Crippen LogP contribution in [0.15, 0.2) is 30.5 Å². The fourth-order valence-electron chi connectivity index (χ4n) is 5.25. The molecule has 0 unspecified atom stereocenters. The molecule has 10 nitrogen and oxygen atoms in total. The number of benzene rings is 1. The number of nitrogens with zero attached hydrogens (tertiary/aromatic N) is 2. The highest BCUT2D eigenvalue weighted by atomic mass is 16.7. The second-order valence-electron chi connectivity index (χ2n) is 10.5. The molecule has 1 fully saturated rings. The summed E-state index contributed by atoms with van der Waals surface area (Å²) in [4.78, 5) is 50.9. The zero-order valence-corrected chi connectivity index (χ0v) is 22.4. The standard InChI is InChI=1S/C28H37N5O5/c1-16(2)23(28(37)38-32-19-10-6-5-7-11-19)26(34)30-21(25-29-17(3)24(31-25)27(35)36)14-18-15-33(4)22-13-9-8-12-20(18)22/h8-9,12-13,15-16,19,21,23,32H,5-7,10-11,14H2,1-4H3,(H,29,31)(H,30,34)(H,35,36)/t21-,23-/m0/s1. The van der Waals surface area contributed by atoms with E-state index in [0.717, 1.165) is 42.1 Å². The van der Waals surface area contributed by atoms with Crippen molar-refractivity contribution in [3.8, 4) is 0 Å². The van der Waals surface area contributed by atoms with Gasteiger partial charge in [-0.05, 0) is 37.3 Å². The Bertz CT molecular complexity index is 1300. The third kappa shape index (κ3) is 6.07. The largest absolute Gasteiger partial charge is 0.476 e. The highest BCUT2D eigenvalue weighted by Crippen LogP contribution is 2.27. The van der Waals surface area contributed by atoms with Gasteiger partial charge in [0.2, 0.25) is 5.91 Å². The van der Waals surface area contributed by atoms with Crippen molar-refractivity contribution in [3.05, 3.63) is 53.2 Å². The molecule has 1 aromatic carbocycles. The molecular weight excluding hydrogens is 486 g/mol. The number of aromatic amines is 1. The molecule has 4 rings (SSSR count). The van der Waals surface area contributed by atoms with E-state index < -0.39 is 29.8 Å². The van der Waals surface area contributed by atoms with Crippen molar-refractivity contribution in [1.82, 2.24) is 25.3 Å². The number of aromatic nitrogens is 3. The van der Waals surface area contributed by atoms with E-state index in [9.17, 15) is 19.5 Å². The van der Waals surface area contributed by atoms with Crippen molar-refractivity contribution in [1.29, 1.82) is 0 Å². The van der Waals surface area contributed by atoms with Gasteiger partial charge >= 0.3 is 11.9 Å². The van der Waals surface area contributed by atoms with Crippen LogP contribution in [0, 0.1) is 18.8 Å². The fourth-order valence-corrected chi connectivity index (χ4v) is 5.25. The molecule has 0 saturated heterocycles. The van der Waals surface area contributed by atoms with E-state index in [1.807, 2.05) is 42.1 Å². The van der Waals surface area contributed by atoms with Crippen LogP contribution < -0.4 is 10.8 Å². The average molecular weight is 524 g/mol. The number of amides is 1. The number of aromatic carboxylic acids is 1. The van der Waals surface area contributed by atoms with E-state index in [0.29, 0.717) is 17.9 Å². The first-order valence-corrected chi connectivity index (χ1v) is 13.2. The number of hydrogen-bond donors (Lipinski definition) is 4. The molecule has 1 aliphatic carbocycles. The molecule has 1 aliphatic rings. The first-order chi connectivity index (χ1) is 18.2. The fraction of sp³-hybridized carbons (Fsp3) is 0.500. The summed E-state index contributed by atoms with van der Waals surface area (Å²) >= 11 is 0. The van der Waals surface area contributed by atoms with Crippen molar-refractivity contribution >= 4 is 28.7 Å². The van der Waals surface area contributed by atoms with Gasteiger partial charge in [0.05, 0.1) is 6.04 Å². The molecule has 10 heteroatoms. The van der Waals surface area contributed by atoms with E-state index in [2.05, 4.69) is 20.8 Å². The van der Waals surface area contributed by atoms with Crippen LogP contribution >= 0.6 is 0 Å². The number of carboxylic acids is 1. The van der Waals surface area contributed by atoms with Crippen LogP contribution in [0.4, 0.5) is 0 Å². The van der Waals surface area contributed by atoms with Crippen LogP contribution in [0.1, 0.15) is 79.6 Å². The van der Waals surface area contributed by atoms with E-state index in [1.54, 1.807) is 20.8 Å². The number of carbonyl (C=O) groups excluding carboxylic acids is 2. The Labute approximate surface area is 222 Å². The average Bonchev–Trinajstić information content (AvgIpc) is 3.43. The Balaban J connectivity index is 1.58. The molecule has 2 aromatic heterocycles. The molecule has 0 aliphatic heterocycles. The molecule has 2 atom stereocenters. The number of hydroxylamine groups is 1. The van der Waals surface area contributed by atoms with Gasteiger partial charge in [0, 0.05) is 42.3 Å². The molecule has 1 amide bonds. The van der Waals surface area contributed by atoms with Crippen LogP contribution in [-0.4, -0.2) is 43.5 Å². The summed E-state index contributed by atoms with van der Waals surface area (Å²) in [6, 6.07) is 7.33. The maximum absolute atomic E-state index is 13.5. The Kier molecular flexibility index (Phi) is 8.51. The summed E-state index contributed by atoms with van der Waals surface area (Å²) in [5.41, 5.74) is 5.15. The minimum atomic E-state index is -1.15. The van der Waals surface area contributed by atoms with Crippen LogP contribution in [0.2, 0.25) is 0 Å². The first kappa shape index (κ1) is 27.4. The van der Waals surface area contributed by atoms with Crippen molar-refractivity contribution in [3.63, 3.8) is 0 Å². The second kappa shape index (κ2) is 11.8. The van der Waals surface area contributed by atoms with Gasteiger partial charge < -0.3 is 24.8 Å². The Hall–Kier alpha value is -3.66. The molecule has 3 aromatic rings. The smallest absolute Gasteiger partial charge is 0.356 e. The van der Waals surface area contributed by atoms with Crippen LogP contribution in [-0.2, 0) is 27.9 Å². The maximum Gasteiger partial charge on any atom is 0.356 e. The molecule has 0 spiro atoms. The SMILES string of the molecule is Cc1[nH]c([C@H](Cc2cn(C)c3ccccc23)NC(=O)[C@@H](C(=O)ONC2CCCCC2)C(C)C)nc1C(=O)O. The zero-order valence-electron chi connectivity index (χ0n) is 22.4. The summed E-state index contributed by atoms with van der Waals surface area (Å²) in [6.45, 7) is 5.22. The summed E-state index contributed by atoms with van der Waals surface area (Å²) in [7, 11) is 1.95. The van der Waals surface area contributed by atoms with E-state index >= 15 is 0 Å². The van der Waals surface area contributed by atoms with Crippen LogP contribution in [0.25, 0.3) is 10.9 Å². The number of para-hydroxylation sites is 1. The second-order valence-corrected chi connectivity index (χ2v) is 10.5. The van der Waals surface area contributed by atoms with Crippen molar-refractivity contribution in [2.24, 2.45) is 18.9 Å². The van der Waals surface area contributed by atoms with Gasteiger partial charge in [0.25, 0.3) is 0 Å². The number of rotatable bonds is 10. The number of carbonyl (C=O) groups is 3. The van der Waals surface area contributed by atoms with E-state index in [4.69, 9.17) is 4.84 Å². The van der Waals surface area contributed by atoms with E-state index in [-0.39, 0.29) is 17.7 Å². The molecular formula is C28H37N5O5. The number of nitrogens with one attached hydrogen (secondary N) is 3. The van der Waals surface area contributed by atoms with Crippen molar-refractivity contribution in [2.45, 2.75) is 71.4 Å². The number of hydrogen-bond acceptors (Lipinski definition) is 6. The van der Waals surface area contributed by atoms with Crippen LogP contribution in [0.5, 0.6) is 0 Å². The van der Waals surface area contributed by atoms with Gasteiger partial charge in [-0.25, -0.2) is 14.6 Å². The lowest BCUT2D eigenvalue weighted by atomic mass is 9.94. The quantitative estimate of drug-likeness (QED) is 0.233. The number of fused-ring (bicyclic) bond motifs is 1. The van der Waals surface area contributed by atoms with Crippen molar-refractivity contribution in [2.75, 3.05) is 0 Å². The molecule has 204 valence electrons. The van der Waals surface area contributed by atoms with Gasteiger partial charge in [-0.1, -0.05) is 51.3 Å². The van der Waals surface area contributed by atoms with Crippen molar-refractivity contribution < 1.29 is 24.3 Å². The number of aryl methyl sites for hydroxylation is 2. The lowest BCUT2D eigenvalue weighted by Gasteiger charge is -2.25. The van der Waals surface area contributed by atoms with E-state index in [1.165, 1.54) is 6.42 Å².